The summed E-state index contributed by atoms with van der Waals surface area (Å²) < 4.78 is 33.4. The Labute approximate surface area is 188 Å². The number of anilines is 1. The van der Waals surface area contributed by atoms with Crippen molar-refractivity contribution in [1.82, 2.24) is 9.62 Å². The molecule has 168 valence electrons. The van der Waals surface area contributed by atoms with E-state index >= 15 is 0 Å². The molecule has 0 saturated carbocycles. The average Bonchev–Trinajstić information content (AvgIpc) is 3.26. The summed E-state index contributed by atoms with van der Waals surface area (Å²) >= 11 is 6.12. The lowest BCUT2D eigenvalue weighted by atomic mass is 10.1. The molecule has 0 aliphatic carbocycles. The molecule has 1 unspecified atom stereocenters. The van der Waals surface area contributed by atoms with Crippen LogP contribution < -0.4 is 10.0 Å². The minimum atomic E-state index is -3.87. The molecule has 31 heavy (non-hydrogen) atoms. The molecule has 2 aromatic rings. The Kier molecular flexibility index (Phi) is 8.07. The second-order valence-electron chi connectivity index (χ2n) is 7.84. The Morgan fingerprint density at radius 3 is 2.58 bits per heavy atom. The van der Waals surface area contributed by atoms with Gasteiger partial charge in [0.25, 0.3) is 5.91 Å². The first kappa shape index (κ1) is 23.7. The first-order chi connectivity index (χ1) is 14.7. The summed E-state index contributed by atoms with van der Waals surface area (Å²) in [6.45, 7) is 1.75. The van der Waals surface area contributed by atoms with Gasteiger partial charge >= 0.3 is 0 Å². The van der Waals surface area contributed by atoms with Crippen LogP contribution in [0.5, 0.6) is 0 Å². The third-order valence-electron chi connectivity index (χ3n) is 5.07. The number of carbonyl (C=O) groups excluding carboxylic acids is 1. The van der Waals surface area contributed by atoms with Gasteiger partial charge in [0.2, 0.25) is 10.0 Å². The Hall–Kier alpha value is -1.97. The molecule has 0 aromatic heterocycles. The van der Waals surface area contributed by atoms with Gasteiger partial charge in [0.05, 0.1) is 11.1 Å². The third kappa shape index (κ3) is 6.75. The molecular formula is C22H28ClN3O4S. The predicted molar refractivity (Wildman–Crippen MR) is 122 cm³/mol. The van der Waals surface area contributed by atoms with Crippen LogP contribution in [0.15, 0.2) is 47.4 Å². The number of benzene rings is 2. The first-order valence-corrected chi connectivity index (χ1v) is 12.1. The number of hydrogen-bond donors (Lipinski definition) is 2. The van der Waals surface area contributed by atoms with E-state index < -0.39 is 15.9 Å². The average molecular weight is 466 g/mol. The monoisotopic (exact) mass is 465 g/mol. The van der Waals surface area contributed by atoms with Crippen molar-refractivity contribution in [2.24, 2.45) is 0 Å². The van der Waals surface area contributed by atoms with Crippen LogP contribution in [0.3, 0.4) is 0 Å². The van der Waals surface area contributed by atoms with E-state index in [1.165, 1.54) is 23.8 Å². The normalized spacial score (nSPS) is 16.6. The van der Waals surface area contributed by atoms with Gasteiger partial charge < -0.3 is 15.0 Å². The molecule has 1 atom stereocenters. The lowest BCUT2D eigenvalue weighted by Crippen LogP contribution is -2.32. The summed E-state index contributed by atoms with van der Waals surface area (Å²) in [5, 5.41) is 2.85. The molecule has 9 heteroatoms. The Balaban J connectivity index is 1.67. The van der Waals surface area contributed by atoms with E-state index in [0.717, 1.165) is 25.8 Å². The Morgan fingerprint density at radius 2 is 1.94 bits per heavy atom. The summed E-state index contributed by atoms with van der Waals surface area (Å²) in [5.41, 5.74) is 2.01. The highest BCUT2D eigenvalue weighted by molar-refractivity contribution is 7.89. The van der Waals surface area contributed by atoms with E-state index in [2.05, 4.69) is 14.9 Å². The van der Waals surface area contributed by atoms with Gasteiger partial charge in [0, 0.05) is 30.9 Å². The summed E-state index contributed by atoms with van der Waals surface area (Å²) in [6.07, 6.45) is 2.51. The minimum Gasteiger partial charge on any atom is -0.377 e. The lowest BCUT2D eigenvalue weighted by molar-refractivity contribution is 0.102. The number of sulfonamides is 1. The van der Waals surface area contributed by atoms with Gasteiger partial charge in [-0.15, -0.1) is 0 Å². The molecule has 1 amide bonds. The van der Waals surface area contributed by atoms with Gasteiger partial charge in [-0.2, -0.15) is 0 Å². The molecule has 1 saturated heterocycles. The third-order valence-corrected chi connectivity index (χ3v) is 6.97. The molecule has 2 aromatic carbocycles. The fraction of sp³-hybridized carbons (Fsp3) is 0.409. The highest BCUT2D eigenvalue weighted by atomic mass is 35.5. The van der Waals surface area contributed by atoms with Crippen LogP contribution in [-0.2, 0) is 21.2 Å². The number of nitrogens with zero attached hydrogens (tertiary/aromatic N) is 1. The maximum absolute atomic E-state index is 12.7. The molecule has 3 rings (SSSR count). The molecule has 1 fully saturated rings. The van der Waals surface area contributed by atoms with Crippen LogP contribution in [0.4, 0.5) is 5.69 Å². The molecule has 1 aliphatic heterocycles. The van der Waals surface area contributed by atoms with Gasteiger partial charge in [-0.1, -0.05) is 23.7 Å². The zero-order chi connectivity index (χ0) is 22.4. The number of halogens is 1. The van der Waals surface area contributed by atoms with Crippen molar-refractivity contribution in [3.05, 3.63) is 58.6 Å². The first-order valence-electron chi connectivity index (χ1n) is 10.2. The number of nitrogens with one attached hydrogen (secondary N) is 2. The number of likely N-dealkylation sites (N-methyl/N-ethyl adjacent to an activating group) is 1. The fourth-order valence-corrected chi connectivity index (χ4v) is 4.84. The van der Waals surface area contributed by atoms with E-state index in [9.17, 15) is 13.2 Å². The van der Waals surface area contributed by atoms with E-state index in [-0.39, 0.29) is 28.1 Å². The molecule has 1 heterocycles. The SMILES string of the molecule is CN(C)CCc1ccc(NC(=O)c2ccc(Cl)c(S(=O)(=O)NCC3CCCO3)c2)cc1. The predicted octanol–water partition coefficient (Wildman–Crippen LogP) is 3.15. The minimum absolute atomic E-state index is 0.0571. The summed E-state index contributed by atoms with van der Waals surface area (Å²) in [4.78, 5) is 14.7. The molecule has 1 aliphatic rings. The Bertz CT molecular complexity index is 1000. The van der Waals surface area contributed by atoms with Crippen LogP contribution in [0.25, 0.3) is 0 Å². The van der Waals surface area contributed by atoms with Crippen LogP contribution in [0.2, 0.25) is 5.02 Å². The summed E-state index contributed by atoms with van der Waals surface area (Å²) in [5.74, 6) is -0.409. The molecule has 0 bridgehead atoms. The second kappa shape index (κ2) is 10.6. The number of rotatable bonds is 9. The van der Waals surface area contributed by atoms with Gasteiger partial charge in [0.15, 0.2) is 0 Å². The fourth-order valence-electron chi connectivity index (χ4n) is 3.25. The molecule has 0 radical (unpaired) electrons. The number of hydrogen-bond acceptors (Lipinski definition) is 5. The van der Waals surface area contributed by atoms with Crippen LogP contribution in [0, 0.1) is 0 Å². The number of ether oxygens (including phenoxy) is 1. The topological polar surface area (TPSA) is 87.7 Å². The van der Waals surface area contributed by atoms with Crippen molar-refractivity contribution < 1.29 is 17.9 Å². The largest absolute Gasteiger partial charge is 0.377 e. The summed E-state index contributed by atoms with van der Waals surface area (Å²) in [6, 6.07) is 11.8. The van der Waals surface area contributed by atoms with E-state index in [1.54, 1.807) is 0 Å². The van der Waals surface area contributed by atoms with E-state index in [4.69, 9.17) is 16.3 Å². The quantitative estimate of drug-likeness (QED) is 0.594. The standard InChI is InChI=1S/C22H28ClN3O4S/c1-26(2)12-11-16-5-8-18(9-6-16)25-22(27)17-7-10-20(23)21(14-17)31(28,29)24-15-19-4-3-13-30-19/h5-10,14,19,24H,3-4,11-13,15H2,1-2H3,(H,25,27). The Morgan fingerprint density at radius 1 is 1.19 bits per heavy atom. The maximum atomic E-state index is 12.7. The van der Waals surface area contributed by atoms with Crippen LogP contribution in [-0.4, -0.2) is 59.1 Å². The van der Waals surface area contributed by atoms with E-state index in [1.807, 2.05) is 38.4 Å². The van der Waals surface area contributed by atoms with Crippen molar-refractivity contribution in [2.75, 3.05) is 39.1 Å². The van der Waals surface area contributed by atoms with Gasteiger partial charge in [-0.25, -0.2) is 13.1 Å². The molecule has 0 spiro atoms. The van der Waals surface area contributed by atoms with Crippen molar-refractivity contribution >= 4 is 33.2 Å². The van der Waals surface area contributed by atoms with Crippen molar-refractivity contribution in [3.8, 4) is 0 Å². The van der Waals surface area contributed by atoms with Gasteiger partial charge in [-0.3, -0.25) is 4.79 Å². The molecule has 2 N–H and O–H groups in total. The highest BCUT2D eigenvalue weighted by Gasteiger charge is 2.23. The zero-order valence-corrected chi connectivity index (χ0v) is 19.3. The van der Waals surface area contributed by atoms with Crippen molar-refractivity contribution in [2.45, 2.75) is 30.3 Å². The van der Waals surface area contributed by atoms with E-state index in [0.29, 0.717) is 12.3 Å². The van der Waals surface area contributed by atoms with Crippen molar-refractivity contribution in [3.63, 3.8) is 0 Å². The summed E-state index contributed by atoms with van der Waals surface area (Å²) in [7, 11) is 0.170. The maximum Gasteiger partial charge on any atom is 0.255 e. The van der Waals surface area contributed by atoms with Gasteiger partial charge in [0.1, 0.15) is 4.90 Å². The molecular weight excluding hydrogens is 438 g/mol. The van der Waals surface area contributed by atoms with Crippen LogP contribution in [0.1, 0.15) is 28.8 Å². The molecule has 7 nitrogen and oxygen atoms in total. The number of carbonyl (C=O) groups is 1. The lowest BCUT2D eigenvalue weighted by Gasteiger charge is -2.13. The smallest absolute Gasteiger partial charge is 0.255 e. The van der Waals surface area contributed by atoms with Crippen LogP contribution >= 0.6 is 11.6 Å². The van der Waals surface area contributed by atoms with Gasteiger partial charge in [-0.05, 0) is 69.3 Å². The van der Waals surface area contributed by atoms with Crippen molar-refractivity contribution in [1.29, 1.82) is 0 Å². The zero-order valence-electron chi connectivity index (χ0n) is 17.7. The number of amides is 1. The highest BCUT2D eigenvalue weighted by Crippen LogP contribution is 2.24. The second-order valence-corrected chi connectivity index (χ2v) is 9.98.